The van der Waals surface area contributed by atoms with Crippen LogP contribution < -0.4 is 0 Å². The molecule has 0 bridgehead atoms. The third-order valence-corrected chi connectivity index (χ3v) is 3.20. The minimum absolute atomic E-state index is 0.161. The maximum Gasteiger partial charge on any atom is 0.417 e. The van der Waals surface area contributed by atoms with Gasteiger partial charge in [-0.3, -0.25) is 9.36 Å². The Balaban J connectivity index is 2.34. The Hall–Kier alpha value is -1.84. The fourth-order valence-electron chi connectivity index (χ4n) is 2.44. The molecule has 90 valence electrons. The minimum atomic E-state index is -0.387. The average Bonchev–Trinajstić information content (AvgIpc) is 2.95. The van der Waals surface area contributed by atoms with E-state index >= 15 is 0 Å². The van der Waals surface area contributed by atoms with Crippen LogP contribution in [0.2, 0.25) is 0 Å². The lowest BCUT2D eigenvalue weighted by molar-refractivity contribution is -0.104. The van der Waals surface area contributed by atoms with Crippen molar-refractivity contribution in [2.45, 2.75) is 25.2 Å². The molecule has 17 heavy (non-hydrogen) atoms. The fourth-order valence-corrected chi connectivity index (χ4v) is 2.44. The van der Waals surface area contributed by atoms with Crippen LogP contribution in [0, 0.1) is 0 Å². The van der Waals surface area contributed by atoms with Gasteiger partial charge in [-0.2, -0.15) is 0 Å². The Bertz CT molecular complexity index is 459. The number of ether oxygens (including phenoxy) is 1. The molecule has 1 fully saturated rings. The van der Waals surface area contributed by atoms with Gasteiger partial charge in [0.15, 0.2) is 0 Å². The van der Waals surface area contributed by atoms with Crippen LogP contribution in [0.15, 0.2) is 30.0 Å². The van der Waals surface area contributed by atoms with Gasteiger partial charge in [0.1, 0.15) is 6.29 Å². The first-order valence-corrected chi connectivity index (χ1v) is 5.67. The summed E-state index contributed by atoms with van der Waals surface area (Å²) in [6, 6.07) is 3.73. The van der Waals surface area contributed by atoms with Gasteiger partial charge < -0.3 is 4.74 Å². The first-order chi connectivity index (χ1) is 8.27. The smallest absolute Gasteiger partial charge is 0.417 e. The van der Waals surface area contributed by atoms with Crippen LogP contribution in [0.5, 0.6) is 0 Å². The predicted octanol–water partition coefficient (Wildman–Crippen LogP) is 2.50. The zero-order valence-corrected chi connectivity index (χ0v) is 9.76. The number of hydrogen-bond acceptors (Lipinski definition) is 3. The molecule has 0 aromatic carbocycles. The lowest BCUT2D eigenvalue weighted by Gasteiger charge is -2.14. The highest BCUT2D eigenvalue weighted by molar-refractivity contribution is 5.72. The molecule has 0 spiro atoms. The quantitative estimate of drug-likeness (QED) is 0.582. The molecule has 0 amide bonds. The summed E-state index contributed by atoms with van der Waals surface area (Å²) >= 11 is 0. The Morgan fingerprint density at radius 3 is 3.12 bits per heavy atom. The Morgan fingerprint density at radius 1 is 1.59 bits per heavy atom. The molecule has 4 heteroatoms. The maximum absolute atomic E-state index is 11.6. The maximum atomic E-state index is 11.6. The number of hydrogen-bond donors (Lipinski definition) is 0. The number of aromatic nitrogens is 1. The zero-order chi connectivity index (χ0) is 12.3. The van der Waals surface area contributed by atoms with Gasteiger partial charge in [0.2, 0.25) is 0 Å². The summed E-state index contributed by atoms with van der Waals surface area (Å²) in [4.78, 5) is 22.1. The van der Waals surface area contributed by atoms with Gasteiger partial charge in [-0.15, -0.1) is 0 Å². The summed E-state index contributed by atoms with van der Waals surface area (Å²) in [5.41, 5.74) is 2.01. The van der Waals surface area contributed by atoms with E-state index in [4.69, 9.17) is 4.74 Å². The van der Waals surface area contributed by atoms with Crippen molar-refractivity contribution >= 4 is 12.4 Å². The summed E-state index contributed by atoms with van der Waals surface area (Å²) in [6.45, 7) is 0. The van der Waals surface area contributed by atoms with E-state index in [9.17, 15) is 9.59 Å². The van der Waals surface area contributed by atoms with Gasteiger partial charge in [0.25, 0.3) is 0 Å². The van der Waals surface area contributed by atoms with Crippen molar-refractivity contribution in [3.8, 4) is 0 Å². The summed E-state index contributed by atoms with van der Waals surface area (Å²) in [5.74, 6) is 0.161. The van der Waals surface area contributed by atoms with Crippen molar-refractivity contribution in [2.24, 2.45) is 0 Å². The van der Waals surface area contributed by atoms with Crippen LogP contribution in [-0.4, -0.2) is 24.1 Å². The Kier molecular flexibility index (Phi) is 3.42. The van der Waals surface area contributed by atoms with E-state index in [0.717, 1.165) is 36.8 Å². The second kappa shape index (κ2) is 4.99. The molecule has 1 aliphatic rings. The van der Waals surface area contributed by atoms with Crippen LogP contribution >= 0.6 is 0 Å². The van der Waals surface area contributed by atoms with Crippen LogP contribution in [0.25, 0.3) is 0 Å². The molecular formula is C13H15NO3. The molecule has 4 nitrogen and oxygen atoms in total. The monoisotopic (exact) mass is 233 g/mol. The van der Waals surface area contributed by atoms with E-state index in [2.05, 4.69) is 0 Å². The van der Waals surface area contributed by atoms with E-state index < -0.39 is 0 Å². The van der Waals surface area contributed by atoms with E-state index in [1.807, 2.05) is 12.1 Å². The number of aldehydes is 1. The molecule has 0 saturated heterocycles. The van der Waals surface area contributed by atoms with Crippen molar-refractivity contribution in [1.82, 2.24) is 4.57 Å². The molecule has 1 saturated carbocycles. The fraction of sp³-hybridized carbons (Fsp3) is 0.385. The number of carbonyl (C=O) groups excluding carboxylic acids is 2. The molecule has 0 radical (unpaired) electrons. The molecule has 2 rings (SSSR count). The van der Waals surface area contributed by atoms with E-state index in [-0.39, 0.29) is 12.0 Å². The minimum Gasteiger partial charge on any atom is -0.452 e. The van der Waals surface area contributed by atoms with Gasteiger partial charge >= 0.3 is 6.09 Å². The number of nitrogens with zero attached hydrogens (tertiary/aromatic N) is 1. The van der Waals surface area contributed by atoms with Crippen LogP contribution in [-0.2, 0) is 9.53 Å². The van der Waals surface area contributed by atoms with Crippen LogP contribution in [0.3, 0.4) is 0 Å². The van der Waals surface area contributed by atoms with Crippen molar-refractivity contribution < 1.29 is 14.3 Å². The summed E-state index contributed by atoms with van der Waals surface area (Å²) in [5, 5.41) is 0. The second-order valence-electron chi connectivity index (χ2n) is 4.10. The molecular weight excluding hydrogens is 218 g/mol. The van der Waals surface area contributed by atoms with Crippen molar-refractivity contribution in [3.63, 3.8) is 0 Å². The lowest BCUT2D eigenvalue weighted by atomic mass is 9.99. The Morgan fingerprint density at radius 2 is 2.41 bits per heavy atom. The molecule has 0 N–H and O–H groups in total. The second-order valence-corrected chi connectivity index (χ2v) is 4.10. The highest BCUT2D eigenvalue weighted by atomic mass is 16.5. The van der Waals surface area contributed by atoms with Crippen molar-refractivity contribution in [1.29, 1.82) is 0 Å². The van der Waals surface area contributed by atoms with Gasteiger partial charge in [-0.05, 0) is 37.5 Å². The number of carbonyl (C=O) groups is 2. The van der Waals surface area contributed by atoms with Gasteiger partial charge in [0.05, 0.1) is 7.11 Å². The van der Waals surface area contributed by atoms with Gasteiger partial charge in [-0.25, -0.2) is 4.79 Å². The molecule has 1 aromatic heterocycles. The lowest BCUT2D eigenvalue weighted by Crippen LogP contribution is -2.15. The molecule has 1 aromatic rings. The third-order valence-electron chi connectivity index (χ3n) is 3.20. The molecule has 1 heterocycles. The first kappa shape index (κ1) is 11.6. The van der Waals surface area contributed by atoms with Gasteiger partial charge in [0, 0.05) is 17.8 Å². The summed E-state index contributed by atoms with van der Waals surface area (Å²) in [7, 11) is 1.36. The molecule has 1 unspecified atom stereocenters. The topological polar surface area (TPSA) is 48.3 Å². The normalized spacial score (nSPS) is 21.7. The van der Waals surface area contributed by atoms with Crippen molar-refractivity contribution in [3.05, 3.63) is 35.7 Å². The summed E-state index contributed by atoms with van der Waals surface area (Å²) in [6.07, 6.45) is 6.69. The third kappa shape index (κ3) is 2.16. The number of rotatable bonds is 2. The molecule has 0 aliphatic heterocycles. The molecule has 1 aliphatic carbocycles. The average molecular weight is 233 g/mol. The molecule has 1 atom stereocenters. The largest absolute Gasteiger partial charge is 0.452 e. The van der Waals surface area contributed by atoms with Crippen molar-refractivity contribution in [2.75, 3.05) is 7.11 Å². The van der Waals surface area contributed by atoms with Gasteiger partial charge in [-0.1, -0.05) is 5.57 Å². The summed E-state index contributed by atoms with van der Waals surface area (Å²) < 4.78 is 6.23. The van der Waals surface area contributed by atoms with Crippen LogP contribution in [0.1, 0.15) is 30.9 Å². The zero-order valence-electron chi connectivity index (χ0n) is 9.76. The standard InChI is InChI=1S/C13H15NO3/c1-17-13(16)14-8-3-6-12(14)11-5-2-4-10(11)7-9-15/h3,6-9,11H,2,4-5H2,1H3/b10-7-. The Labute approximate surface area is 99.9 Å². The first-order valence-electron chi connectivity index (χ1n) is 5.67. The van der Waals surface area contributed by atoms with E-state index in [1.165, 1.54) is 11.7 Å². The number of allylic oxidation sites excluding steroid dienone is 2. The van der Waals surface area contributed by atoms with Crippen LogP contribution in [0.4, 0.5) is 4.79 Å². The highest BCUT2D eigenvalue weighted by Gasteiger charge is 2.26. The predicted molar refractivity (Wildman–Crippen MR) is 63.0 cm³/mol. The van der Waals surface area contributed by atoms with E-state index in [0.29, 0.717) is 0 Å². The highest BCUT2D eigenvalue weighted by Crippen LogP contribution is 2.38. The van der Waals surface area contributed by atoms with E-state index in [1.54, 1.807) is 12.3 Å². The SMILES string of the molecule is COC(=O)n1cccc1C1CCC/C1=C/C=O. The number of methoxy groups -OCH3 is 1.